The third kappa shape index (κ3) is 5.86. The summed E-state index contributed by atoms with van der Waals surface area (Å²) in [5, 5.41) is 13.8. The van der Waals surface area contributed by atoms with E-state index in [-0.39, 0.29) is 18.7 Å². The van der Waals surface area contributed by atoms with Gasteiger partial charge in [0, 0.05) is 20.2 Å². The lowest BCUT2D eigenvalue weighted by molar-refractivity contribution is -0.138. The van der Waals surface area contributed by atoms with Crippen molar-refractivity contribution in [2.24, 2.45) is 0 Å². The first-order valence-corrected chi connectivity index (χ1v) is 6.28. The molecule has 0 aliphatic heterocycles. The Morgan fingerprint density at radius 3 is 2.64 bits per heavy atom. The number of methoxy groups -OCH3 is 1. The van der Waals surface area contributed by atoms with E-state index in [9.17, 15) is 27.5 Å². The predicted octanol–water partition coefficient (Wildman–Crippen LogP) is 1.65. The lowest BCUT2D eigenvalue weighted by Gasteiger charge is -2.15. The van der Waals surface area contributed by atoms with Crippen LogP contribution >= 0.6 is 0 Å². The number of carbonyl (C=O) groups excluding carboxylic acids is 1. The summed E-state index contributed by atoms with van der Waals surface area (Å²) in [6, 6.07) is 1.45. The molecule has 0 spiro atoms. The lowest BCUT2D eigenvalue weighted by atomic mass is 10.1. The monoisotopic (exact) mass is 324 g/mol. The Balaban J connectivity index is 2.59. The maximum absolute atomic E-state index is 12.9. The summed E-state index contributed by atoms with van der Waals surface area (Å²) in [4.78, 5) is 11.4. The van der Waals surface area contributed by atoms with E-state index in [4.69, 9.17) is 0 Å². The van der Waals surface area contributed by atoms with E-state index in [1.165, 1.54) is 7.11 Å². The number of urea groups is 1. The van der Waals surface area contributed by atoms with Gasteiger partial charge in [0.05, 0.1) is 18.3 Å². The Labute approximate surface area is 124 Å². The van der Waals surface area contributed by atoms with Crippen molar-refractivity contribution in [3.63, 3.8) is 0 Å². The van der Waals surface area contributed by atoms with Gasteiger partial charge >= 0.3 is 12.2 Å². The topological polar surface area (TPSA) is 70.6 Å². The molecule has 22 heavy (non-hydrogen) atoms. The van der Waals surface area contributed by atoms with Crippen LogP contribution in [-0.4, -0.2) is 37.5 Å². The maximum atomic E-state index is 12.9. The van der Waals surface area contributed by atoms with Gasteiger partial charge < -0.3 is 20.5 Å². The molecule has 1 aromatic carbocycles. The Morgan fingerprint density at radius 1 is 1.36 bits per heavy atom. The first-order valence-electron chi connectivity index (χ1n) is 6.28. The van der Waals surface area contributed by atoms with Crippen molar-refractivity contribution in [1.29, 1.82) is 0 Å². The summed E-state index contributed by atoms with van der Waals surface area (Å²) in [7, 11) is 1.37. The SMILES string of the molecule is COCC(O)CNC(=O)NCc1ccc(F)cc1C(F)(F)F. The van der Waals surface area contributed by atoms with Crippen molar-refractivity contribution in [2.45, 2.75) is 18.8 Å². The molecule has 0 saturated carbocycles. The van der Waals surface area contributed by atoms with Crippen LogP contribution in [0, 0.1) is 5.82 Å². The van der Waals surface area contributed by atoms with Crippen molar-refractivity contribution in [2.75, 3.05) is 20.3 Å². The quantitative estimate of drug-likeness (QED) is 0.697. The number of nitrogens with one attached hydrogen (secondary N) is 2. The minimum absolute atomic E-state index is 0.0104. The van der Waals surface area contributed by atoms with Crippen LogP contribution in [0.3, 0.4) is 0 Å². The van der Waals surface area contributed by atoms with Crippen molar-refractivity contribution in [3.8, 4) is 0 Å². The number of rotatable bonds is 6. The molecular formula is C13H16F4N2O3. The van der Waals surface area contributed by atoms with Crippen LogP contribution < -0.4 is 10.6 Å². The van der Waals surface area contributed by atoms with Gasteiger partial charge in [-0.25, -0.2) is 9.18 Å². The van der Waals surface area contributed by atoms with Crippen LogP contribution in [0.4, 0.5) is 22.4 Å². The number of carbonyl (C=O) groups is 1. The van der Waals surface area contributed by atoms with Gasteiger partial charge in [-0.05, 0) is 17.7 Å². The molecule has 0 aliphatic rings. The number of aliphatic hydroxyl groups is 1. The molecule has 1 rings (SSSR count). The molecule has 0 aliphatic carbocycles. The van der Waals surface area contributed by atoms with Crippen LogP contribution in [0.25, 0.3) is 0 Å². The number of ether oxygens (including phenoxy) is 1. The highest BCUT2D eigenvalue weighted by atomic mass is 19.4. The second-order valence-corrected chi connectivity index (χ2v) is 4.47. The third-order valence-electron chi connectivity index (χ3n) is 2.67. The van der Waals surface area contributed by atoms with Gasteiger partial charge in [-0.2, -0.15) is 13.2 Å². The Kier molecular flexibility index (Phi) is 6.57. The summed E-state index contributed by atoms with van der Waals surface area (Å²) >= 11 is 0. The fourth-order valence-corrected chi connectivity index (χ4v) is 1.67. The molecule has 0 fully saturated rings. The van der Waals surface area contributed by atoms with Crippen molar-refractivity contribution in [1.82, 2.24) is 10.6 Å². The zero-order valence-electron chi connectivity index (χ0n) is 11.7. The van der Waals surface area contributed by atoms with E-state index in [1.54, 1.807) is 0 Å². The normalized spacial score (nSPS) is 12.8. The minimum Gasteiger partial charge on any atom is -0.389 e. The van der Waals surface area contributed by atoms with Gasteiger partial charge in [-0.15, -0.1) is 0 Å². The van der Waals surface area contributed by atoms with Gasteiger partial charge in [-0.3, -0.25) is 0 Å². The molecule has 3 N–H and O–H groups in total. The number of alkyl halides is 3. The molecule has 0 heterocycles. The van der Waals surface area contributed by atoms with Gasteiger partial charge in [0.1, 0.15) is 5.82 Å². The fourth-order valence-electron chi connectivity index (χ4n) is 1.67. The van der Waals surface area contributed by atoms with Crippen LogP contribution in [0.5, 0.6) is 0 Å². The highest BCUT2D eigenvalue weighted by Gasteiger charge is 2.33. The van der Waals surface area contributed by atoms with Gasteiger partial charge in [0.2, 0.25) is 0 Å². The van der Waals surface area contributed by atoms with Crippen LogP contribution in [0.1, 0.15) is 11.1 Å². The molecular weight excluding hydrogens is 308 g/mol. The van der Waals surface area contributed by atoms with Gasteiger partial charge in [-0.1, -0.05) is 6.07 Å². The maximum Gasteiger partial charge on any atom is 0.416 e. The smallest absolute Gasteiger partial charge is 0.389 e. The van der Waals surface area contributed by atoms with Gasteiger partial charge in [0.15, 0.2) is 0 Å². The Hall–Kier alpha value is -1.87. The molecule has 1 aromatic rings. The van der Waals surface area contributed by atoms with E-state index >= 15 is 0 Å². The van der Waals surface area contributed by atoms with Crippen LogP contribution in [0.15, 0.2) is 18.2 Å². The Morgan fingerprint density at radius 2 is 2.05 bits per heavy atom. The van der Waals surface area contributed by atoms with E-state index in [2.05, 4.69) is 15.4 Å². The lowest BCUT2D eigenvalue weighted by Crippen LogP contribution is -2.40. The molecule has 0 radical (unpaired) electrons. The average Bonchev–Trinajstić information content (AvgIpc) is 2.43. The first-order chi connectivity index (χ1) is 10.2. The fraction of sp³-hybridized carbons (Fsp3) is 0.462. The zero-order valence-corrected chi connectivity index (χ0v) is 11.7. The standard InChI is InChI=1S/C13H16F4N2O3/c1-22-7-10(20)6-19-12(21)18-5-8-2-3-9(14)4-11(8)13(15,16)17/h2-4,10,20H,5-7H2,1H3,(H2,18,19,21). The molecule has 2 amide bonds. The molecule has 0 bridgehead atoms. The molecule has 124 valence electrons. The van der Waals surface area contributed by atoms with Crippen LogP contribution in [-0.2, 0) is 17.5 Å². The summed E-state index contributed by atoms with van der Waals surface area (Å²) in [6.45, 7) is -0.535. The number of amides is 2. The second-order valence-electron chi connectivity index (χ2n) is 4.47. The highest BCUT2D eigenvalue weighted by Crippen LogP contribution is 2.32. The summed E-state index contributed by atoms with van der Waals surface area (Å²) in [6.07, 6.45) is -5.64. The van der Waals surface area contributed by atoms with Gasteiger partial charge in [0.25, 0.3) is 0 Å². The van der Waals surface area contributed by atoms with E-state index in [1.807, 2.05) is 0 Å². The van der Waals surface area contributed by atoms with E-state index in [0.29, 0.717) is 6.07 Å². The molecule has 0 aromatic heterocycles. The third-order valence-corrected chi connectivity index (χ3v) is 2.67. The minimum atomic E-state index is -4.72. The molecule has 1 atom stereocenters. The van der Waals surface area contributed by atoms with Crippen molar-refractivity contribution < 1.29 is 32.2 Å². The summed E-state index contributed by atoms with van der Waals surface area (Å²) < 4.78 is 55.8. The zero-order chi connectivity index (χ0) is 16.8. The predicted molar refractivity (Wildman–Crippen MR) is 69.5 cm³/mol. The van der Waals surface area contributed by atoms with Crippen molar-refractivity contribution in [3.05, 3.63) is 35.1 Å². The number of hydrogen-bond donors (Lipinski definition) is 3. The van der Waals surface area contributed by atoms with E-state index < -0.39 is 36.2 Å². The number of benzene rings is 1. The average molecular weight is 324 g/mol. The second kappa shape index (κ2) is 7.95. The summed E-state index contributed by atoms with van der Waals surface area (Å²) in [5.74, 6) is -1.01. The molecule has 9 heteroatoms. The van der Waals surface area contributed by atoms with Crippen LogP contribution in [0.2, 0.25) is 0 Å². The number of hydrogen-bond acceptors (Lipinski definition) is 3. The first kappa shape index (κ1) is 18.2. The number of aliphatic hydroxyl groups excluding tert-OH is 1. The van der Waals surface area contributed by atoms with Crippen molar-refractivity contribution >= 4 is 6.03 Å². The molecule has 5 nitrogen and oxygen atoms in total. The molecule has 0 saturated heterocycles. The number of halogens is 4. The largest absolute Gasteiger partial charge is 0.416 e. The van der Waals surface area contributed by atoms with E-state index in [0.717, 1.165) is 12.1 Å². The Bertz CT molecular complexity index is 509. The molecule has 1 unspecified atom stereocenters. The highest BCUT2D eigenvalue weighted by molar-refractivity contribution is 5.73. The summed E-state index contributed by atoms with van der Waals surface area (Å²) in [5.41, 5.74) is -1.41.